The van der Waals surface area contributed by atoms with Crippen LogP contribution in [-0.4, -0.2) is 26.1 Å². The highest BCUT2D eigenvalue weighted by Crippen LogP contribution is 2.33. The number of nitrogens with zero attached hydrogens (tertiary/aromatic N) is 1. The largest absolute Gasteiger partial charge is 0.497 e. The number of hydrogen-bond acceptors (Lipinski definition) is 5. The average Bonchev–Trinajstić information content (AvgIpc) is 2.71. The van der Waals surface area contributed by atoms with E-state index < -0.39 is 0 Å². The Morgan fingerprint density at radius 2 is 1.93 bits per heavy atom. The van der Waals surface area contributed by atoms with Crippen molar-refractivity contribution in [2.24, 2.45) is 0 Å². The lowest BCUT2D eigenvalue weighted by Gasteiger charge is -2.14. The van der Waals surface area contributed by atoms with E-state index >= 15 is 0 Å². The van der Waals surface area contributed by atoms with E-state index in [2.05, 4.69) is 0 Å². The molecule has 140 valence electrons. The maximum absolute atomic E-state index is 12.8. The monoisotopic (exact) mass is 365 g/mol. The van der Waals surface area contributed by atoms with Crippen LogP contribution in [0.25, 0.3) is 6.08 Å². The zero-order valence-electron chi connectivity index (χ0n) is 15.8. The lowest BCUT2D eigenvalue weighted by atomic mass is 10.0. The van der Waals surface area contributed by atoms with Crippen LogP contribution in [-0.2, 0) is 0 Å². The third-order valence-corrected chi connectivity index (χ3v) is 3.76. The van der Waals surface area contributed by atoms with E-state index in [1.54, 1.807) is 36.4 Å². The minimum atomic E-state index is -0.375. The molecule has 0 saturated carbocycles. The topological polar surface area (TPSA) is 68.5 Å². The molecule has 0 spiro atoms. The number of hydrogen-bond donors (Lipinski definition) is 0. The SMILES string of the molecule is CCCOc1c(C=C(C#N)C(=O)c2cccc(OC)c2)cccc1OCC. The van der Waals surface area contributed by atoms with Gasteiger partial charge in [-0.25, -0.2) is 0 Å². The molecule has 0 unspecified atom stereocenters. The number of methoxy groups -OCH3 is 1. The van der Waals surface area contributed by atoms with Gasteiger partial charge in [-0.2, -0.15) is 5.26 Å². The summed E-state index contributed by atoms with van der Waals surface area (Å²) < 4.78 is 16.6. The summed E-state index contributed by atoms with van der Waals surface area (Å²) in [5.41, 5.74) is 1.03. The van der Waals surface area contributed by atoms with Crippen LogP contribution in [0.2, 0.25) is 0 Å². The highest BCUT2D eigenvalue weighted by molar-refractivity contribution is 6.14. The van der Waals surface area contributed by atoms with Crippen molar-refractivity contribution in [3.05, 3.63) is 59.2 Å². The van der Waals surface area contributed by atoms with Gasteiger partial charge in [-0.05, 0) is 37.6 Å². The molecule has 0 saturated heterocycles. The van der Waals surface area contributed by atoms with Crippen molar-refractivity contribution in [2.75, 3.05) is 20.3 Å². The number of benzene rings is 2. The number of para-hydroxylation sites is 1. The third-order valence-electron chi connectivity index (χ3n) is 3.76. The van der Waals surface area contributed by atoms with Crippen molar-refractivity contribution >= 4 is 11.9 Å². The third kappa shape index (κ3) is 5.11. The molecule has 0 aliphatic carbocycles. The van der Waals surface area contributed by atoms with E-state index in [4.69, 9.17) is 14.2 Å². The zero-order valence-corrected chi connectivity index (χ0v) is 15.8. The number of carbonyl (C=O) groups is 1. The molecule has 0 bridgehead atoms. The Morgan fingerprint density at radius 3 is 2.59 bits per heavy atom. The molecule has 0 fully saturated rings. The van der Waals surface area contributed by atoms with Crippen LogP contribution in [0.5, 0.6) is 17.2 Å². The van der Waals surface area contributed by atoms with E-state index in [9.17, 15) is 10.1 Å². The second kappa shape index (κ2) is 10.0. The second-order valence-corrected chi connectivity index (χ2v) is 5.69. The molecule has 5 heteroatoms. The van der Waals surface area contributed by atoms with Gasteiger partial charge < -0.3 is 14.2 Å². The first kappa shape index (κ1) is 20.1. The highest BCUT2D eigenvalue weighted by Gasteiger charge is 2.16. The summed E-state index contributed by atoms with van der Waals surface area (Å²) in [6.45, 7) is 4.89. The van der Waals surface area contributed by atoms with Crippen LogP contribution in [0.1, 0.15) is 36.2 Å². The fourth-order valence-corrected chi connectivity index (χ4v) is 2.50. The second-order valence-electron chi connectivity index (χ2n) is 5.69. The van der Waals surface area contributed by atoms with Gasteiger partial charge in [-0.1, -0.05) is 31.2 Å². The highest BCUT2D eigenvalue weighted by atomic mass is 16.5. The molecular formula is C22H23NO4. The van der Waals surface area contributed by atoms with E-state index in [0.717, 1.165) is 6.42 Å². The zero-order chi connectivity index (χ0) is 19.6. The Hall–Kier alpha value is -3.26. The molecule has 0 radical (unpaired) electrons. The number of rotatable bonds is 9. The summed E-state index contributed by atoms with van der Waals surface area (Å²) in [5.74, 6) is 1.31. The van der Waals surface area contributed by atoms with Crippen molar-refractivity contribution in [1.29, 1.82) is 5.26 Å². The Bertz CT molecular complexity index is 865. The van der Waals surface area contributed by atoms with Gasteiger partial charge in [0, 0.05) is 11.1 Å². The van der Waals surface area contributed by atoms with E-state index in [0.29, 0.717) is 41.6 Å². The van der Waals surface area contributed by atoms with Gasteiger partial charge in [0.1, 0.15) is 17.4 Å². The average molecular weight is 365 g/mol. The van der Waals surface area contributed by atoms with Crippen LogP contribution in [0.3, 0.4) is 0 Å². The maximum Gasteiger partial charge on any atom is 0.203 e. The summed E-state index contributed by atoms with van der Waals surface area (Å²) >= 11 is 0. The van der Waals surface area contributed by atoms with E-state index in [1.165, 1.54) is 13.2 Å². The molecular weight excluding hydrogens is 342 g/mol. The van der Waals surface area contributed by atoms with Gasteiger partial charge in [-0.15, -0.1) is 0 Å². The van der Waals surface area contributed by atoms with Crippen LogP contribution in [0, 0.1) is 11.3 Å². The number of carbonyl (C=O) groups excluding carboxylic acids is 1. The predicted octanol–water partition coefficient (Wildman–Crippen LogP) is 4.67. The molecule has 0 amide bonds. The lowest BCUT2D eigenvalue weighted by molar-refractivity contribution is 0.103. The van der Waals surface area contributed by atoms with Crippen molar-refractivity contribution in [3.8, 4) is 23.3 Å². The standard InChI is InChI=1S/C22H23NO4/c1-4-12-27-22-17(9-7-11-20(22)26-5-2)13-18(15-23)21(24)16-8-6-10-19(14-16)25-3/h6-11,13-14H,4-5,12H2,1-3H3. The van der Waals surface area contributed by atoms with Gasteiger partial charge in [0.05, 0.1) is 20.3 Å². The van der Waals surface area contributed by atoms with Gasteiger partial charge in [0.2, 0.25) is 5.78 Å². The number of nitriles is 1. The summed E-state index contributed by atoms with van der Waals surface area (Å²) in [6, 6.07) is 14.1. The molecule has 27 heavy (non-hydrogen) atoms. The Balaban J connectivity index is 2.45. The van der Waals surface area contributed by atoms with Crippen molar-refractivity contribution in [3.63, 3.8) is 0 Å². The maximum atomic E-state index is 12.8. The smallest absolute Gasteiger partial charge is 0.203 e. The van der Waals surface area contributed by atoms with Gasteiger partial charge in [0.15, 0.2) is 11.5 Å². The Labute approximate surface area is 159 Å². The quantitative estimate of drug-likeness (QED) is 0.367. The first-order valence-electron chi connectivity index (χ1n) is 8.83. The molecule has 0 atom stereocenters. The number of ether oxygens (including phenoxy) is 3. The predicted molar refractivity (Wildman–Crippen MR) is 104 cm³/mol. The molecule has 5 nitrogen and oxygen atoms in total. The molecule has 0 aliphatic rings. The summed E-state index contributed by atoms with van der Waals surface area (Å²) in [4.78, 5) is 12.8. The Morgan fingerprint density at radius 1 is 1.15 bits per heavy atom. The molecule has 2 aromatic carbocycles. The molecule has 0 heterocycles. The van der Waals surface area contributed by atoms with Crippen LogP contribution in [0.4, 0.5) is 0 Å². The molecule has 0 N–H and O–H groups in total. The summed E-state index contributed by atoms with van der Waals surface area (Å²) in [7, 11) is 1.53. The van der Waals surface area contributed by atoms with Crippen molar-refractivity contribution < 1.29 is 19.0 Å². The molecule has 0 aliphatic heterocycles. The fraction of sp³-hybridized carbons (Fsp3) is 0.273. The minimum Gasteiger partial charge on any atom is -0.497 e. The van der Waals surface area contributed by atoms with Crippen LogP contribution < -0.4 is 14.2 Å². The molecule has 2 rings (SSSR count). The number of allylic oxidation sites excluding steroid dienone is 1. The van der Waals surface area contributed by atoms with Crippen molar-refractivity contribution in [1.82, 2.24) is 0 Å². The van der Waals surface area contributed by atoms with Crippen molar-refractivity contribution in [2.45, 2.75) is 20.3 Å². The normalized spacial score (nSPS) is 10.8. The number of ketones is 1. The van der Waals surface area contributed by atoms with Crippen LogP contribution >= 0.6 is 0 Å². The lowest BCUT2D eigenvalue weighted by Crippen LogP contribution is -2.04. The fourth-order valence-electron chi connectivity index (χ4n) is 2.50. The van der Waals surface area contributed by atoms with E-state index in [1.807, 2.05) is 26.0 Å². The van der Waals surface area contributed by atoms with Crippen LogP contribution in [0.15, 0.2) is 48.0 Å². The molecule has 0 aromatic heterocycles. The molecule has 2 aromatic rings. The number of Topliss-reactive ketones (excluding diaryl/α,β-unsaturated/α-hetero) is 1. The van der Waals surface area contributed by atoms with E-state index in [-0.39, 0.29) is 11.4 Å². The first-order valence-corrected chi connectivity index (χ1v) is 8.83. The summed E-state index contributed by atoms with van der Waals surface area (Å²) in [6.07, 6.45) is 2.37. The first-order chi connectivity index (χ1) is 13.1. The van der Waals surface area contributed by atoms with Gasteiger partial charge in [-0.3, -0.25) is 4.79 Å². The van der Waals surface area contributed by atoms with Gasteiger partial charge >= 0.3 is 0 Å². The minimum absolute atomic E-state index is 0.0123. The van der Waals surface area contributed by atoms with Gasteiger partial charge in [0.25, 0.3) is 0 Å². The summed E-state index contributed by atoms with van der Waals surface area (Å²) in [5, 5.41) is 9.54. The Kier molecular flexibility index (Phi) is 7.45.